The Bertz CT molecular complexity index is 900. The number of rotatable bonds is 6. The van der Waals surface area contributed by atoms with Crippen molar-refractivity contribution in [2.75, 3.05) is 11.1 Å². The van der Waals surface area contributed by atoms with E-state index >= 15 is 0 Å². The van der Waals surface area contributed by atoms with Gasteiger partial charge in [-0.25, -0.2) is 0 Å². The van der Waals surface area contributed by atoms with Gasteiger partial charge in [-0.15, -0.1) is 10.2 Å². The summed E-state index contributed by atoms with van der Waals surface area (Å²) in [4.78, 5) is 26.3. The molecule has 10 heteroatoms. The molecule has 9 nitrogen and oxygen atoms in total. The fraction of sp³-hybridized carbons (Fsp3) is 0.0667. The van der Waals surface area contributed by atoms with Crippen LogP contribution < -0.4 is 5.32 Å². The first-order valence-electron chi connectivity index (χ1n) is 7.03. The van der Waals surface area contributed by atoms with E-state index in [-0.39, 0.29) is 22.4 Å². The fourth-order valence-electron chi connectivity index (χ4n) is 1.93. The lowest BCUT2D eigenvalue weighted by Crippen LogP contribution is -2.15. The molecule has 0 aliphatic carbocycles. The van der Waals surface area contributed by atoms with Gasteiger partial charge in [0.05, 0.1) is 16.2 Å². The average molecular weight is 357 g/mol. The monoisotopic (exact) mass is 357 g/mol. The average Bonchev–Trinajstić information content (AvgIpc) is 3.10. The van der Waals surface area contributed by atoms with E-state index in [1.54, 1.807) is 30.6 Å². The molecular weight excluding hydrogens is 346 g/mol. The van der Waals surface area contributed by atoms with E-state index in [0.29, 0.717) is 11.5 Å². The second kappa shape index (κ2) is 7.53. The summed E-state index contributed by atoms with van der Waals surface area (Å²) in [5.74, 6) is -0.143. The highest BCUT2D eigenvalue weighted by atomic mass is 32.2. The van der Waals surface area contributed by atoms with Crippen LogP contribution in [0.2, 0.25) is 0 Å². The van der Waals surface area contributed by atoms with Gasteiger partial charge < -0.3 is 9.73 Å². The van der Waals surface area contributed by atoms with Gasteiger partial charge in [0.1, 0.15) is 5.69 Å². The van der Waals surface area contributed by atoms with E-state index in [0.717, 1.165) is 11.8 Å². The molecule has 0 atom stereocenters. The van der Waals surface area contributed by atoms with Crippen LogP contribution >= 0.6 is 11.8 Å². The number of hydrogen-bond donors (Lipinski definition) is 1. The Morgan fingerprint density at radius 1 is 1.24 bits per heavy atom. The highest BCUT2D eigenvalue weighted by molar-refractivity contribution is 7.99. The zero-order valence-electron chi connectivity index (χ0n) is 12.7. The predicted octanol–water partition coefficient (Wildman–Crippen LogP) is 2.77. The van der Waals surface area contributed by atoms with E-state index in [1.807, 2.05) is 0 Å². The minimum Gasteiger partial charge on any atom is -0.411 e. The Labute approximate surface area is 145 Å². The van der Waals surface area contributed by atoms with Crippen molar-refractivity contribution in [2.45, 2.75) is 5.22 Å². The number of nitro benzene ring substituents is 1. The molecule has 0 radical (unpaired) electrons. The third-order valence-electron chi connectivity index (χ3n) is 3.02. The molecule has 1 N–H and O–H groups in total. The molecule has 0 spiro atoms. The van der Waals surface area contributed by atoms with E-state index in [2.05, 4.69) is 20.5 Å². The van der Waals surface area contributed by atoms with Gasteiger partial charge in [0.2, 0.25) is 11.8 Å². The Balaban J connectivity index is 1.60. The summed E-state index contributed by atoms with van der Waals surface area (Å²) in [6.45, 7) is 0. The standard InChI is InChI=1S/C15H11N5O4S/c21-13(17-11-5-1-2-6-12(11)20(22)23)9-25-15-19-18-14(24-15)10-4-3-7-16-8-10/h1-8H,9H2,(H,17,21). The molecule has 2 aromatic heterocycles. The molecular formula is C15H11N5O4S. The predicted molar refractivity (Wildman–Crippen MR) is 90.0 cm³/mol. The van der Waals surface area contributed by atoms with Gasteiger partial charge in [-0.05, 0) is 18.2 Å². The van der Waals surface area contributed by atoms with Crippen LogP contribution in [0.1, 0.15) is 0 Å². The van der Waals surface area contributed by atoms with Crippen molar-refractivity contribution in [2.24, 2.45) is 0 Å². The van der Waals surface area contributed by atoms with Crippen molar-refractivity contribution in [1.82, 2.24) is 15.2 Å². The first-order valence-corrected chi connectivity index (χ1v) is 8.02. The van der Waals surface area contributed by atoms with E-state index in [4.69, 9.17) is 4.42 Å². The van der Waals surface area contributed by atoms with Crippen LogP contribution in [0, 0.1) is 10.1 Å². The van der Waals surface area contributed by atoms with Crippen molar-refractivity contribution in [3.05, 3.63) is 58.9 Å². The van der Waals surface area contributed by atoms with Crippen LogP contribution in [0.4, 0.5) is 11.4 Å². The van der Waals surface area contributed by atoms with Crippen molar-refractivity contribution in [1.29, 1.82) is 0 Å². The van der Waals surface area contributed by atoms with E-state index in [9.17, 15) is 14.9 Å². The van der Waals surface area contributed by atoms with Crippen molar-refractivity contribution in [3.63, 3.8) is 0 Å². The Kier molecular flexibility index (Phi) is 5.00. The number of carbonyl (C=O) groups excluding carboxylic acids is 1. The van der Waals surface area contributed by atoms with Crippen LogP contribution in [0.15, 0.2) is 58.4 Å². The molecule has 0 saturated heterocycles. The number of anilines is 1. The van der Waals surface area contributed by atoms with Crippen molar-refractivity contribution >= 4 is 29.0 Å². The second-order valence-corrected chi connectivity index (χ2v) is 5.65. The molecule has 0 saturated carbocycles. The summed E-state index contributed by atoms with van der Waals surface area (Å²) in [5, 5.41) is 21.4. The third-order valence-corrected chi connectivity index (χ3v) is 3.83. The maximum Gasteiger partial charge on any atom is 0.292 e. The molecule has 1 aromatic carbocycles. The molecule has 0 bridgehead atoms. The Morgan fingerprint density at radius 2 is 2.08 bits per heavy atom. The SMILES string of the molecule is O=C(CSc1nnc(-c2cccnc2)o1)Nc1ccccc1[N+](=O)[O-]. The highest BCUT2D eigenvalue weighted by Gasteiger charge is 2.16. The molecule has 0 fully saturated rings. The summed E-state index contributed by atoms with van der Waals surface area (Å²) in [6.07, 6.45) is 3.21. The number of nitrogens with zero attached hydrogens (tertiary/aromatic N) is 4. The summed E-state index contributed by atoms with van der Waals surface area (Å²) < 4.78 is 5.44. The Morgan fingerprint density at radius 3 is 2.84 bits per heavy atom. The van der Waals surface area contributed by atoms with E-state index in [1.165, 1.54) is 18.2 Å². The third kappa shape index (κ3) is 4.18. The number of amides is 1. The van der Waals surface area contributed by atoms with Crippen LogP contribution in [0.5, 0.6) is 0 Å². The zero-order chi connectivity index (χ0) is 17.6. The molecule has 3 aromatic rings. The number of hydrogen-bond acceptors (Lipinski definition) is 8. The topological polar surface area (TPSA) is 124 Å². The number of carbonyl (C=O) groups is 1. The zero-order valence-corrected chi connectivity index (χ0v) is 13.5. The first-order chi connectivity index (χ1) is 12.1. The van der Waals surface area contributed by atoms with Gasteiger partial charge >= 0.3 is 0 Å². The maximum absolute atomic E-state index is 12.0. The van der Waals surface area contributed by atoms with Gasteiger partial charge in [0.15, 0.2) is 0 Å². The largest absolute Gasteiger partial charge is 0.411 e. The smallest absolute Gasteiger partial charge is 0.292 e. The number of para-hydroxylation sites is 2. The van der Waals surface area contributed by atoms with E-state index < -0.39 is 10.8 Å². The van der Waals surface area contributed by atoms with Gasteiger partial charge in [-0.3, -0.25) is 19.9 Å². The number of pyridine rings is 1. The van der Waals surface area contributed by atoms with Gasteiger partial charge in [-0.2, -0.15) is 0 Å². The van der Waals surface area contributed by atoms with Crippen LogP contribution in [-0.2, 0) is 4.79 Å². The van der Waals surface area contributed by atoms with Crippen molar-refractivity contribution < 1.29 is 14.1 Å². The molecule has 25 heavy (non-hydrogen) atoms. The summed E-state index contributed by atoms with van der Waals surface area (Å²) in [6, 6.07) is 9.44. The molecule has 0 unspecified atom stereocenters. The number of nitro groups is 1. The van der Waals surface area contributed by atoms with Gasteiger partial charge in [0.25, 0.3) is 10.9 Å². The molecule has 2 heterocycles. The first kappa shape index (κ1) is 16.6. The van der Waals surface area contributed by atoms with Crippen LogP contribution in [0.3, 0.4) is 0 Å². The van der Waals surface area contributed by atoms with Gasteiger partial charge in [-0.1, -0.05) is 23.9 Å². The molecule has 0 aliphatic heterocycles. The minimum absolute atomic E-state index is 0.0271. The second-order valence-electron chi connectivity index (χ2n) is 4.73. The lowest BCUT2D eigenvalue weighted by Gasteiger charge is -2.04. The number of benzene rings is 1. The normalized spacial score (nSPS) is 10.4. The summed E-state index contributed by atoms with van der Waals surface area (Å²) in [7, 11) is 0. The number of nitrogens with one attached hydrogen (secondary N) is 1. The molecule has 3 rings (SSSR count). The molecule has 0 aliphatic rings. The molecule has 126 valence electrons. The minimum atomic E-state index is -0.555. The highest BCUT2D eigenvalue weighted by Crippen LogP contribution is 2.25. The lowest BCUT2D eigenvalue weighted by atomic mass is 10.2. The summed E-state index contributed by atoms with van der Waals surface area (Å²) >= 11 is 1.03. The maximum atomic E-state index is 12.0. The summed E-state index contributed by atoms with van der Waals surface area (Å²) in [5.41, 5.74) is 0.642. The molecule has 1 amide bonds. The number of thioether (sulfide) groups is 1. The van der Waals surface area contributed by atoms with Crippen LogP contribution in [0.25, 0.3) is 11.5 Å². The van der Waals surface area contributed by atoms with Crippen molar-refractivity contribution in [3.8, 4) is 11.5 Å². The number of aromatic nitrogens is 3. The Hall–Kier alpha value is -3.27. The fourth-order valence-corrected chi connectivity index (χ4v) is 2.49. The lowest BCUT2D eigenvalue weighted by molar-refractivity contribution is -0.383. The quantitative estimate of drug-likeness (QED) is 0.406. The van der Waals surface area contributed by atoms with Crippen LogP contribution in [-0.4, -0.2) is 31.8 Å². The van der Waals surface area contributed by atoms with Gasteiger partial charge in [0, 0.05) is 18.5 Å².